The van der Waals surface area contributed by atoms with Gasteiger partial charge in [-0.3, -0.25) is 0 Å². The summed E-state index contributed by atoms with van der Waals surface area (Å²) in [4.78, 5) is 2.10. The van der Waals surface area contributed by atoms with Crippen molar-refractivity contribution in [2.45, 2.75) is 31.5 Å². The summed E-state index contributed by atoms with van der Waals surface area (Å²) in [5, 5.41) is 10.1. The van der Waals surface area contributed by atoms with E-state index in [-0.39, 0.29) is 6.61 Å². The lowest BCUT2D eigenvalue weighted by atomic mass is 10.1. The molecule has 1 aromatic rings. The number of rotatable bonds is 7. The molecule has 118 valence electrons. The molecule has 0 spiro atoms. The first-order chi connectivity index (χ1) is 10.1. The van der Waals surface area contributed by atoms with Crippen molar-refractivity contribution in [3.63, 3.8) is 0 Å². The van der Waals surface area contributed by atoms with E-state index in [1.807, 2.05) is 25.2 Å². The number of nitrogen functional groups attached to an aromatic ring is 1. The molecule has 2 rings (SSSR count). The van der Waals surface area contributed by atoms with Crippen LogP contribution in [0.2, 0.25) is 0 Å². The fourth-order valence-electron chi connectivity index (χ4n) is 2.58. The molecule has 1 heterocycles. The highest BCUT2D eigenvalue weighted by Gasteiger charge is 2.17. The molecule has 0 radical (unpaired) electrons. The zero-order valence-corrected chi connectivity index (χ0v) is 12.7. The summed E-state index contributed by atoms with van der Waals surface area (Å²) in [6.07, 6.45) is 3.25. The fraction of sp³-hybridized carbons (Fsp3) is 0.625. The number of likely N-dealkylation sites (N-methyl/N-ethyl adjacent to an activating group) is 1. The van der Waals surface area contributed by atoms with Crippen LogP contribution in [0.5, 0.6) is 5.75 Å². The van der Waals surface area contributed by atoms with Gasteiger partial charge in [-0.1, -0.05) is 12.1 Å². The van der Waals surface area contributed by atoms with Gasteiger partial charge in [-0.05, 0) is 38.4 Å². The van der Waals surface area contributed by atoms with Gasteiger partial charge in [-0.25, -0.2) is 0 Å². The van der Waals surface area contributed by atoms with Crippen molar-refractivity contribution in [1.82, 2.24) is 4.90 Å². The molecule has 5 heteroatoms. The van der Waals surface area contributed by atoms with Gasteiger partial charge in [0.15, 0.2) is 0 Å². The molecule has 1 aliphatic heterocycles. The number of aliphatic hydroxyl groups excluding tert-OH is 1. The second kappa shape index (κ2) is 8.22. The van der Waals surface area contributed by atoms with Crippen LogP contribution in [0.1, 0.15) is 19.3 Å². The predicted molar refractivity (Wildman–Crippen MR) is 83.4 cm³/mol. The Morgan fingerprint density at radius 2 is 2.24 bits per heavy atom. The highest BCUT2D eigenvalue weighted by Crippen LogP contribution is 2.20. The third kappa shape index (κ3) is 5.53. The minimum Gasteiger partial charge on any atom is -0.489 e. The molecule has 0 aromatic heterocycles. The molecule has 0 saturated carbocycles. The van der Waals surface area contributed by atoms with Gasteiger partial charge in [0, 0.05) is 19.7 Å². The Hall–Kier alpha value is -1.30. The number of nitrogens with zero attached hydrogens (tertiary/aromatic N) is 1. The second-order valence-corrected chi connectivity index (χ2v) is 5.71. The van der Waals surface area contributed by atoms with Crippen LogP contribution in [-0.2, 0) is 4.74 Å². The van der Waals surface area contributed by atoms with Gasteiger partial charge in [0.1, 0.15) is 18.5 Å². The summed E-state index contributed by atoms with van der Waals surface area (Å²) in [5.41, 5.74) is 6.39. The lowest BCUT2D eigenvalue weighted by molar-refractivity contribution is -0.0108. The molecule has 0 bridgehead atoms. The van der Waals surface area contributed by atoms with Gasteiger partial charge in [-0.15, -0.1) is 0 Å². The van der Waals surface area contributed by atoms with E-state index < -0.39 is 6.10 Å². The van der Waals surface area contributed by atoms with Crippen LogP contribution in [0.4, 0.5) is 5.69 Å². The van der Waals surface area contributed by atoms with Gasteiger partial charge in [0.05, 0.1) is 11.8 Å². The standard InChI is InChI=1S/C16H26N2O3/c1-18(11-14-6-4-5-9-20-14)10-13(19)12-21-16-8-3-2-7-15(16)17/h2-3,7-8,13-14,19H,4-6,9-12,17H2,1H3. The van der Waals surface area contributed by atoms with Crippen LogP contribution in [0.15, 0.2) is 24.3 Å². The van der Waals surface area contributed by atoms with Crippen molar-refractivity contribution in [1.29, 1.82) is 0 Å². The van der Waals surface area contributed by atoms with E-state index in [1.54, 1.807) is 6.07 Å². The summed E-state index contributed by atoms with van der Waals surface area (Å²) < 4.78 is 11.3. The largest absolute Gasteiger partial charge is 0.489 e. The zero-order chi connectivity index (χ0) is 15.1. The Balaban J connectivity index is 1.68. The Bertz CT molecular complexity index is 422. The van der Waals surface area contributed by atoms with E-state index in [0.717, 1.165) is 26.0 Å². The maximum absolute atomic E-state index is 10.1. The molecular weight excluding hydrogens is 268 g/mol. The maximum Gasteiger partial charge on any atom is 0.142 e. The summed E-state index contributed by atoms with van der Waals surface area (Å²) in [6, 6.07) is 7.32. The molecule has 21 heavy (non-hydrogen) atoms. The van der Waals surface area contributed by atoms with Crippen molar-refractivity contribution >= 4 is 5.69 Å². The first kappa shape index (κ1) is 16.1. The Labute approximate surface area is 126 Å². The minimum absolute atomic E-state index is 0.240. The predicted octanol–water partition coefficient (Wildman–Crippen LogP) is 1.51. The molecule has 2 atom stereocenters. The van der Waals surface area contributed by atoms with E-state index >= 15 is 0 Å². The summed E-state index contributed by atoms with van der Waals surface area (Å²) in [7, 11) is 2.00. The third-order valence-corrected chi connectivity index (χ3v) is 3.66. The summed E-state index contributed by atoms with van der Waals surface area (Å²) >= 11 is 0. The first-order valence-corrected chi connectivity index (χ1v) is 7.60. The molecule has 1 aliphatic rings. The van der Waals surface area contributed by atoms with Crippen molar-refractivity contribution in [3.05, 3.63) is 24.3 Å². The maximum atomic E-state index is 10.1. The van der Waals surface area contributed by atoms with Gasteiger partial charge in [0.25, 0.3) is 0 Å². The number of benzene rings is 1. The van der Waals surface area contributed by atoms with E-state index in [0.29, 0.717) is 24.1 Å². The number of nitrogens with two attached hydrogens (primary N) is 1. The SMILES string of the molecule is CN(CC(O)COc1ccccc1N)CC1CCCCO1. The molecule has 3 N–H and O–H groups in total. The molecule has 0 amide bonds. The zero-order valence-electron chi connectivity index (χ0n) is 12.7. The highest BCUT2D eigenvalue weighted by atomic mass is 16.5. The van der Waals surface area contributed by atoms with Crippen LogP contribution in [0.25, 0.3) is 0 Å². The van der Waals surface area contributed by atoms with Crippen molar-refractivity contribution in [2.75, 3.05) is 39.1 Å². The van der Waals surface area contributed by atoms with Gasteiger partial charge in [0.2, 0.25) is 0 Å². The number of hydrogen-bond donors (Lipinski definition) is 2. The van der Waals surface area contributed by atoms with Gasteiger partial charge in [-0.2, -0.15) is 0 Å². The van der Waals surface area contributed by atoms with Crippen molar-refractivity contribution in [3.8, 4) is 5.75 Å². The van der Waals surface area contributed by atoms with Crippen LogP contribution in [0.3, 0.4) is 0 Å². The average molecular weight is 294 g/mol. The highest BCUT2D eigenvalue weighted by molar-refractivity contribution is 5.51. The normalized spacial score (nSPS) is 20.4. The molecular formula is C16H26N2O3. The number of aliphatic hydroxyl groups is 1. The lowest BCUT2D eigenvalue weighted by Gasteiger charge is -2.28. The number of ether oxygens (including phenoxy) is 2. The van der Waals surface area contributed by atoms with Crippen molar-refractivity contribution < 1.29 is 14.6 Å². The summed E-state index contributed by atoms with van der Waals surface area (Å²) in [5.74, 6) is 0.620. The monoisotopic (exact) mass is 294 g/mol. The van der Waals surface area contributed by atoms with Crippen molar-refractivity contribution in [2.24, 2.45) is 0 Å². The number of para-hydroxylation sites is 2. The quantitative estimate of drug-likeness (QED) is 0.746. The topological polar surface area (TPSA) is 68.0 Å². The van der Waals surface area contributed by atoms with Gasteiger partial charge < -0.3 is 25.2 Å². The average Bonchev–Trinajstić information content (AvgIpc) is 2.47. The van der Waals surface area contributed by atoms with E-state index in [9.17, 15) is 5.11 Å². The van der Waals surface area contributed by atoms with Gasteiger partial charge >= 0.3 is 0 Å². The van der Waals surface area contributed by atoms with Crippen LogP contribution >= 0.6 is 0 Å². The Kier molecular flexibility index (Phi) is 6.29. The Morgan fingerprint density at radius 1 is 1.43 bits per heavy atom. The molecule has 2 unspecified atom stereocenters. The molecule has 1 fully saturated rings. The Morgan fingerprint density at radius 3 is 2.95 bits per heavy atom. The van der Waals surface area contributed by atoms with Crippen LogP contribution < -0.4 is 10.5 Å². The van der Waals surface area contributed by atoms with E-state index in [2.05, 4.69) is 4.90 Å². The lowest BCUT2D eigenvalue weighted by Crippen LogP contribution is -2.39. The van der Waals surface area contributed by atoms with E-state index in [1.165, 1.54) is 6.42 Å². The second-order valence-electron chi connectivity index (χ2n) is 5.71. The molecule has 0 aliphatic carbocycles. The van der Waals surface area contributed by atoms with Crippen LogP contribution in [-0.4, -0.2) is 55.6 Å². The number of hydrogen-bond acceptors (Lipinski definition) is 5. The van der Waals surface area contributed by atoms with E-state index in [4.69, 9.17) is 15.2 Å². The first-order valence-electron chi connectivity index (χ1n) is 7.60. The fourth-order valence-corrected chi connectivity index (χ4v) is 2.58. The smallest absolute Gasteiger partial charge is 0.142 e. The third-order valence-electron chi connectivity index (χ3n) is 3.66. The summed E-state index contributed by atoms with van der Waals surface area (Å²) in [6.45, 7) is 2.51. The minimum atomic E-state index is -0.543. The molecule has 1 aromatic carbocycles. The molecule has 1 saturated heterocycles. The molecule has 5 nitrogen and oxygen atoms in total. The number of anilines is 1. The van der Waals surface area contributed by atoms with Crippen LogP contribution in [0, 0.1) is 0 Å².